The largest absolute Gasteiger partial charge is 0.464 e. The van der Waals surface area contributed by atoms with Crippen LogP contribution in [0.4, 0.5) is 0 Å². The molecule has 3 rings (SSSR count). The monoisotopic (exact) mass is 336 g/mol. The number of carbonyl (C=O) groups is 1. The van der Waals surface area contributed by atoms with Gasteiger partial charge in [-0.1, -0.05) is 38.1 Å². The molecule has 1 heterocycles. The number of benzene rings is 2. The molecule has 130 valence electrons. The Balaban J connectivity index is 1.64. The number of esters is 1. The first-order chi connectivity index (χ1) is 11.9. The second-order valence-electron chi connectivity index (χ2n) is 6.93. The van der Waals surface area contributed by atoms with Crippen LogP contribution in [0.2, 0.25) is 0 Å². The number of hydrogen-bond acceptors (Lipinski definition) is 3. The molecule has 0 spiro atoms. The summed E-state index contributed by atoms with van der Waals surface area (Å²) in [4.78, 5) is 12.2. The van der Waals surface area contributed by atoms with Crippen LogP contribution in [0, 0.1) is 13.8 Å². The zero-order valence-corrected chi connectivity index (χ0v) is 15.3. The van der Waals surface area contributed by atoms with Gasteiger partial charge in [-0.2, -0.15) is 0 Å². The van der Waals surface area contributed by atoms with Crippen molar-refractivity contribution in [3.05, 3.63) is 70.5 Å². The minimum Gasteiger partial charge on any atom is -0.464 e. The lowest BCUT2D eigenvalue weighted by Gasteiger charge is -2.08. The van der Waals surface area contributed by atoms with E-state index in [0.717, 1.165) is 22.1 Å². The minimum absolute atomic E-state index is 0.222. The summed E-state index contributed by atoms with van der Waals surface area (Å²) in [7, 11) is 0. The highest BCUT2D eigenvalue weighted by molar-refractivity contribution is 5.86. The number of aryl methyl sites for hydroxylation is 2. The fourth-order valence-corrected chi connectivity index (χ4v) is 2.84. The predicted molar refractivity (Wildman–Crippen MR) is 99.7 cm³/mol. The zero-order chi connectivity index (χ0) is 18.0. The van der Waals surface area contributed by atoms with Gasteiger partial charge in [0.05, 0.1) is 12.7 Å². The van der Waals surface area contributed by atoms with E-state index in [0.29, 0.717) is 12.5 Å². The molecule has 0 amide bonds. The molecule has 1 aromatic heterocycles. The molecule has 25 heavy (non-hydrogen) atoms. The summed E-state index contributed by atoms with van der Waals surface area (Å²) in [5, 5.41) is 0.987. The lowest BCUT2D eigenvalue weighted by molar-refractivity contribution is -0.144. The summed E-state index contributed by atoms with van der Waals surface area (Å²) in [6.07, 6.45) is 1.88. The first-order valence-corrected chi connectivity index (χ1v) is 8.66. The maximum atomic E-state index is 12.2. The molecule has 0 unspecified atom stereocenters. The van der Waals surface area contributed by atoms with Gasteiger partial charge < -0.3 is 9.15 Å². The van der Waals surface area contributed by atoms with Crippen LogP contribution in [0.5, 0.6) is 0 Å². The van der Waals surface area contributed by atoms with Gasteiger partial charge in [-0.15, -0.1) is 0 Å². The quantitative estimate of drug-likeness (QED) is 0.581. The molecule has 0 N–H and O–H groups in total. The number of ether oxygens (including phenoxy) is 1. The van der Waals surface area contributed by atoms with Crippen molar-refractivity contribution in [3.63, 3.8) is 0 Å². The zero-order valence-electron chi connectivity index (χ0n) is 15.3. The van der Waals surface area contributed by atoms with Gasteiger partial charge in [-0.05, 0) is 54.2 Å². The molecular weight excluding hydrogens is 312 g/mol. The summed E-state index contributed by atoms with van der Waals surface area (Å²) in [5.41, 5.74) is 6.34. The van der Waals surface area contributed by atoms with Gasteiger partial charge in [-0.3, -0.25) is 4.79 Å². The molecule has 3 aromatic rings. The maximum Gasteiger partial charge on any atom is 0.310 e. The van der Waals surface area contributed by atoms with E-state index >= 15 is 0 Å². The van der Waals surface area contributed by atoms with Gasteiger partial charge in [-0.25, -0.2) is 0 Å². The molecule has 0 saturated carbocycles. The Morgan fingerprint density at radius 3 is 2.44 bits per heavy atom. The van der Waals surface area contributed by atoms with Gasteiger partial charge in [0.1, 0.15) is 12.2 Å². The minimum atomic E-state index is -0.242. The van der Waals surface area contributed by atoms with Crippen LogP contribution < -0.4 is 0 Å². The molecular formula is C22H24O3. The van der Waals surface area contributed by atoms with Crippen molar-refractivity contribution in [2.24, 2.45) is 0 Å². The molecule has 0 aliphatic carbocycles. The van der Waals surface area contributed by atoms with Crippen LogP contribution in [0.25, 0.3) is 11.0 Å². The molecule has 0 fully saturated rings. The standard InChI is InChI=1S/C22H24O3/c1-14(2)18-7-5-17(6-8-18)12-25-22(23)11-19-13-24-21-10-16(4)15(3)9-20(19)21/h5-10,13-14H,11-12H2,1-4H3. The molecule has 0 radical (unpaired) electrons. The third-order valence-corrected chi connectivity index (χ3v) is 4.65. The van der Waals surface area contributed by atoms with Crippen LogP contribution in [-0.2, 0) is 22.6 Å². The van der Waals surface area contributed by atoms with E-state index in [2.05, 4.69) is 45.9 Å². The molecule has 0 aliphatic heterocycles. The molecule has 3 nitrogen and oxygen atoms in total. The summed E-state index contributed by atoms with van der Waals surface area (Å²) in [6, 6.07) is 12.3. The van der Waals surface area contributed by atoms with Gasteiger partial charge in [0, 0.05) is 10.9 Å². The molecule has 3 heteroatoms. The third-order valence-electron chi connectivity index (χ3n) is 4.65. The maximum absolute atomic E-state index is 12.2. The highest BCUT2D eigenvalue weighted by Gasteiger charge is 2.13. The van der Waals surface area contributed by atoms with Crippen LogP contribution >= 0.6 is 0 Å². The van der Waals surface area contributed by atoms with E-state index in [-0.39, 0.29) is 12.4 Å². The number of hydrogen-bond donors (Lipinski definition) is 0. The Bertz CT molecular complexity index is 886. The van der Waals surface area contributed by atoms with Crippen molar-refractivity contribution < 1.29 is 13.9 Å². The van der Waals surface area contributed by atoms with Gasteiger partial charge in [0.15, 0.2) is 0 Å². The number of rotatable bonds is 5. The highest BCUT2D eigenvalue weighted by atomic mass is 16.5. The van der Waals surface area contributed by atoms with Crippen molar-refractivity contribution in [2.75, 3.05) is 0 Å². The average Bonchev–Trinajstić information content (AvgIpc) is 2.95. The molecule has 0 aliphatic rings. The van der Waals surface area contributed by atoms with Crippen molar-refractivity contribution >= 4 is 16.9 Å². The van der Waals surface area contributed by atoms with Crippen LogP contribution in [0.3, 0.4) is 0 Å². The Hall–Kier alpha value is -2.55. The molecule has 0 saturated heterocycles. The molecule has 0 bridgehead atoms. The van der Waals surface area contributed by atoms with E-state index < -0.39 is 0 Å². The normalized spacial score (nSPS) is 11.2. The van der Waals surface area contributed by atoms with Crippen molar-refractivity contribution in [3.8, 4) is 0 Å². The first kappa shape index (κ1) is 17.3. The van der Waals surface area contributed by atoms with Crippen LogP contribution in [0.1, 0.15) is 47.6 Å². The highest BCUT2D eigenvalue weighted by Crippen LogP contribution is 2.25. The average molecular weight is 336 g/mol. The molecule has 0 atom stereocenters. The van der Waals surface area contributed by atoms with E-state index in [1.165, 1.54) is 16.7 Å². The number of carbonyl (C=O) groups excluding carboxylic acids is 1. The SMILES string of the molecule is Cc1cc2occ(CC(=O)OCc3ccc(C(C)C)cc3)c2cc1C. The van der Waals surface area contributed by atoms with Crippen LogP contribution in [-0.4, -0.2) is 5.97 Å². The fourth-order valence-electron chi connectivity index (χ4n) is 2.84. The lowest BCUT2D eigenvalue weighted by atomic mass is 10.0. The number of furan rings is 1. The smallest absolute Gasteiger partial charge is 0.310 e. The van der Waals surface area contributed by atoms with Crippen LogP contribution in [0.15, 0.2) is 47.1 Å². The summed E-state index contributed by atoms with van der Waals surface area (Å²) in [5.74, 6) is 0.256. The van der Waals surface area contributed by atoms with Crippen molar-refractivity contribution in [1.29, 1.82) is 0 Å². The Labute approximate surface area is 148 Å². The van der Waals surface area contributed by atoms with E-state index in [1.807, 2.05) is 18.2 Å². The van der Waals surface area contributed by atoms with E-state index in [4.69, 9.17) is 9.15 Å². The number of fused-ring (bicyclic) bond motifs is 1. The molecule has 2 aromatic carbocycles. The second-order valence-corrected chi connectivity index (χ2v) is 6.93. The van der Waals surface area contributed by atoms with Crippen molar-refractivity contribution in [1.82, 2.24) is 0 Å². The van der Waals surface area contributed by atoms with Gasteiger partial charge >= 0.3 is 5.97 Å². The third kappa shape index (κ3) is 3.93. The summed E-state index contributed by atoms with van der Waals surface area (Å²) in [6.45, 7) is 8.73. The van der Waals surface area contributed by atoms with Crippen molar-refractivity contribution in [2.45, 2.75) is 46.6 Å². The predicted octanol–water partition coefficient (Wildman–Crippen LogP) is 5.46. The Morgan fingerprint density at radius 1 is 1.08 bits per heavy atom. The topological polar surface area (TPSA) is 39.4 Å². The Morgan fingerprint density at radius 2 is 1.76 bits per heavy atom. The summed E-state index contributed by atoms with van der Waals surface area (Å²) >= 11 is 0. The second kappa shape index (κ2) is 7.14. The van der Waals surface area contributed by atoms with Gasteiger partial charge in [0.25, 0.3) is 0 Å². The van der Waals surface area contributed by atoms with Gasteiger partial charge in [0.2, 0.25) is 0 Å². The summed E-state index contributed by atoms with van der Waals surface area (Å²) < 4.78 is 11.0. The first-order valence-electron chi connectivity index (χ1n) is 8.66. The fraction of sp³-hybridized carbons (Fsp3) is 0.318. The van der Waals surface area contributed by atoms with E-state index in [1.54, 1.807) is 6.26 Å². The van der Waals surface area contributed by atoms with E-state index in [9.17, 15) is 4.79 Å². The lowest BCUT2D eigenvalue weighted by Crippen LogP contribution is -2.07. The Kier molecular flexibility index (Phi) is 4.93.